The van der Waals surface area contributed by atoms with Gasteiger partial charge < -0.3 is 14.8 Å². The van der Waals surface area contributed by atoms with Gasteiger partial charge in [-0.15, -0.1) is 0 Å². The molecule has 0 saturated heterocycles. The summed E-state index contributed by atoms with van der Waals surface area (Å²) in [6, 6.07) is 7.48. The van der Waals surface area contributed by atoms with Crippen LogP contribution in [0.3, 0.4) is 0 Å². The van der Waals surface area contributed by atoms with Crippen LogP contribution in [0.5, 0.6) is 5.75 Å². The van der Waals surface area contributed by atoms with Crippen molar-refractivity contribution >= 4 is 24.1 Å². The van der Waals surface area contributed by atoms with Crippen LogP contribution in [-0.2, 0) is 16.0 Å². The molecule has 0 amide bonds. The molecule has 0 radical (unpaired) electrons. The Balaban J connectivity index is 1.35. The summed E-state index contributed by atoms with van der Waals surface area (Å²) in [4.78, 5) is 19.5. The number of anilines is 1. The van der Waals surface area contributed by atoms with Gasteiger partial charge in [0.05, 0.1) is 30.7 Å². The van der Waals surface area contributed by atoms with Crippen LogP contribution in [0.2, 0.25) is 0 Å². The van der Waals surface area contributed by atoms with Crippen molar-refractivity contribution in [3.63, 3.8) is 0 Å². The first-order valence-corrected chi connectivity index (χ1v) is 14.1. The van der Waals surface area contributed by atoms with Crippen molar-refractivity contribution in [1.82, 2.24) is 9.97 Å². The smallest absolute Gasteiger partial charge is 0.293 e. The van der Waals surface area contributed by atoms with E-state index in [1.54, 1.807) is 18.5 Å². The number of carbonyl (C=O) groups excluding carboxylic acids is 1. The summed E-state index contributed by atoms with van der Waals surface area (Å²) in [5.41, 5.74) is 7.05. The summed E-state index contributed by atoms with van der Waals surface area (Å²) in [5.74, 6) is 2.48. The quantitative estimate of drug-likeness (QED) is 0.239. The predicted molar refractivity (Wildman–Crippen MR) is 145 cm³/mol. The normalized spacial score (nSPS) is 19.8. The van der Waals surface area contributed by atoms with Crippen LogP contribution in [0.25, 0.3) is 11.1 Å². The van der Waals surface area contributed by atoms with Crippen molar-refractivity contribution in [3.05, 3.63) is 70.4 Å². The number of aryl methyl sites for hydroxylation is 2. The molecule has 3 aromatic rings. The second kappa shape index (κ2) is 11.1. The number of nitrogens with one attached hydrogen (secondary N) is 1. The maximum absolute atomic E-state index is 15.2. The monoisotopic (exact) mass is 521 g/mol. The lowest BCUT2D eigenvalue weighted by Crippen LogP contribution is -2.11. The molecule has 194 valence electrons. The minimum absolute atomic E-state index is 0.104. The number of aromatic nitrogens is 2. The van der Waals surface area contributed by atoms with Crippen LogP contribution >= 0.6 is 11.8 Å². The fraction of sp³-hybridized carbons (Fsp3) is 0.414. The molecule has 8 heteroatoms. The number of carbonyl (C=O) groups is 1. The van der Waals surface area contributed by atoms with E-state index in [-0.39, 0.29) is 23.9 Å². The van der Waals surface area contributed by atoms with E-state index in [1.807, 2.05) is 17.8 Å². The second-order valence-electron chi connectivity index (χ2n) is 9.79. The van der Waals surface area contributed by atoms with Gasteiger partial charge in [0.1, 0.15) is 23.5 Å². The molecule has 1 unspecified atom stereocenters. The van der Waals surface area contributed by atoms with E-state index in [4.69, 9.17) is 9.47 Å². The largest absolute Gasteiger partial charge is 0.494 e. The molecule has 1 N–H and O–H groups in total. The molecule has 0 spiro atoms. The van der Waals surface area contributed by atoms with Crippen molar-refractivity contribution in [1.29, 1.82) is 0 Å². The van der Waals surface area contributed by atoms with Gasteiger partial charge in [-0.3, -0.25) is 9.78 Å². The van der Waals surface area contributed by atoms with Gasteiger partial charge in [0, 0.05) is 11.5 Å². The summed E-state index contributed by atoms with van der Waals surface area (Å²) >= 11 is 1.82. The van der Waals surface area contributed by atoms with Gasteiger partial charge in [-0.25, -0.2) is 9.37 Å². The van der Waals surface area contributed by atoms with E-state index in [2.05, 4.69) is 47.5 Å². The number of rotatable bonds is 11. The molecule has 6 nitrogen and oxygen atoms in total. The number of ether oxygens (including phenoxy) is 2. The molecule has 5 rings (SSSR count). The fourth-order valence-corrected chi connectivity index (χ4v) is 5.81. The number of nitrogens with zero attached hydrogens (tertiary/aromatic N) is 2. The molecule has 1 saturated carbocycles. The first-order valence-electron chi connectivity index (χ1n) is 12.7. The van der Waals surface area contributed by atoms with Crippen LogP contribution in [0.15, 0.2) is 36.7 Å². The van der Waals surface area contributed by atoms with Gasteiger partial charge in [-0.2, -0.15) is 11.8 Å². The molecule has 2 aromatic carbocycles. The summed E-state index contributed by atoms with van der Waals surface area (Å²) in [6.45, 7) is 5.38. The zero-order chi connectivity index (χ0) is 25.9. The van der Waals surface area contributed by atoms with Gasteiger partial charge in [0.2, 0.25) is 0 Å². The van der Waals surface area contributed by atoms with E-state index in [1.165, 1.54) is 0 Å². The summed E-state index contributed by atoms with van der Waals surface area (Å²) in [5, 5.41) is 3.39. The van der Waals surface area contributed by atoms with Crippen LogP contribution in [0, 0.1) is 19.7 Å². The number of benzene rings is 2. The standard InChI is InChI=1S/C29H32FN3O3S/c1-17-11-19(35-9-4-10-37-3)12-18(2)28(17)20-5-7-23(30)29-21(20)6-8-24(29)33-27-15-31-25(14-32-27)22-13-26(22)36-16-34/h5,7,11-12,14-16,22,24,26H,4,6,8-10,13H2,1-3H3,(H,32,33)/t22?,24-,26+/m1/s1. The highest BCUT2D eigenvalue weighted by Crippen LogP contribution is 2.44. The van der Waals surface area contributed by atoms with Gasteiger partial charge in [0.25, 0.3) is 6.47 Å². The Morgan fingerprint density at radius 1 is 1.19 bits per heavy atom. The van der Waals surface area contributed by atoms with Gasteiger partial charge in [0.15, 0.2) is 0 Å². The Labute approximate surface area is 221 Å². The zero-order valence-corrected chi connectivity index (χ0v) is 22.2. The maximum atomic E-state index is 15.2. The number of fused-ring (bicyclic) bond motifs is 1. The zero-order valence-electron chi connectivity index (χ0n) is 21.4. The third-order valence-electron chi connectivity index (χ3n) is 7.21. The third kappa shape index (κ3) is 5.44. The summed E-state index contributed by atoms with van der Waals surface area (Å²) in [7, 11) is 0. The molecule has 2 aliphatic carbocycles. The average molecular weight is 522 g/mol. The van der Waals surface area contributed by atoms with E-state index < -0.39 is 0 Å². The van der Waals surface area contributed by atoms with Crippen molar-refractivity contribution in [2.45, 2.75) is 57.6 Å². The molecule has 37 heavy (non-hydrogen) atoms. The Morgan fingerprint density at radius 3 is 2.70 bits per heavy atom. The van der Waals surface area contributed by atoms with Crippen LogP contribution < -0.4 is 10.1 Å². The Hall–Kier alpha value is -3.13. The molecule has 1 fully saturated rings. The average Bonchev–Trinajstić information content (AvgIpc) is 3.52. The lowest BCUT2D eigenvalue weighted by Gasteiger charge is -2.19. The van der Waals surface area contributed by atoms with Crippen LogP contribution in [0.1, 0.15) is 59.2 Å². The lowest BCUT2D eigenvalue weighted by molar-refractivity contribution is -0.129. The molecule has 0 bridgehead atoms. The van der Waals surface area contributed by atoms with Crippen LogP contribution in [-0.4, -0.2) is 41.2 Å². The van der Waals surface area contributed by atoms with Crippen molar-refractivity contribution in [2.24, 2.45) is 0 Å². The highest BCUT2D eigenvalue weighted by molar-refractivity contribution is 7.98. The van der Waals surface area contributed by atoms with Gasteiger partial charge in [-0.1, -0.05) is 6.07 Å². The second-order valence-corrected chi connectivity index (χ2v) is 10.8. The maximum Gasteiger partial charge on any atom is 0.293 e. The van der Waals surface area contributed by atoms with Crippen LogP contribution in [0.4, 0.5) is 10.2 Å². The number of halogens is 1. The van der Waals surface area contributed by atoms with Crippen molar-refractivity contribution < 1.29 is 18.7 Å². The predicted octanol–water partition coefficient (Wildman–Crippen LogP) is 6.16. The molecule has 1 heterocycles. The Bertz CT molecular complexity index is 1260. The lowest BCUT2D eigenvalue weighted by atomic mass is 9.90. The number of thioether (sulfide) groups is 1. The Morgan fingerprint density at radius 2 is 2.00 bits per heavy atom. The van der Waals surface area contributed by atoms with E-state index in [9.17, 15) is 4.79 Å². The molecule has 2 aliphatic rings. The van der Waals surface area contributed by atoms with E-state index >= 15 is 4.39 Å². The Kier molecular flexibility index (Phi) is 7.65. The van der Waals surface area contributed by atoms with Gasteiger partial charge >= 0.3 is 0 Å². The summed E-state index contributed by atoms with van der Waals surface area (Å²) < 4.78 is 26.1. The number of hydrogen-bond acceptors (Lipinski definition) is 7. The minimum Gasteiger partial charge on any atom is -0.494 e. The molecular weight excluding hydrogens is 489 g/mol. The van der Waals surface area contributed by atoms with Crippen molar-refractivity contribution in [2.75, 3.05) is 23.9 Å². The minimum atomic E-state index is -0.200. The SMILES string of the molecule is CSCCCOc1cc(C)c(-c2ccc(F)c3c2CC[C@H]3Nc2cnc(C3C[C@@H]3OC=O)cn2)c(C)c1. The molecular formula is C29H32FN3O3S. The van der Waals surface area contributed by atoms with E-state index in [0.717, 1.165) is 70.7 Å². The fourth-order valence-electron chi connectivity index (χ4n) is 5.41. The highest BCUT2D eigenvalue weighted by Gasteiger charge is 2.42. The first-order chi connectivity index (χ1) is 18.0. The highest BCUT2D eigenvalue weighted by atomic mass is 32.2. The first kappa shape index (κ1) is 25.5. The molecule has 3 atom stereocenters. The topological polar surface area (TPSA) is 73.3 Å². The summed E-state index contributed by atoms with van der Waals surface area (Å²) in [6.07, 6.45) is 8.73. The van der Waals surface area contributed by atoms with Crippen molar-refractivity contribution in [3.8, 4) is 16.9 Å². The third-order valence-corrected chi connectivity index (χ3v) is 7.91. The number of hydrogen-bond donors (Lipinski definition) is 1. The van der Waals surface area contributed by atoms with E-state index in [0.29, 0.717) is 24.5 Å². The van der Waals surface area contributed by atoms with Gasteiger partial charge in [-0.05, 0) is 97.6 Å². The molecule has 0 aliphatic heterocycles. The molecule has 1 aromatic heterocycles.